The molecule has 40 heteroatoms. The van der Waals surface area contributed by atoms with Crippen molar-refractivity contribution in [3.8, 4) is 0 Å². The van der Waals surface area contributed by atoms with Gasteiger partial charge in [0.25, 0.3) is 5.79 Å². The summed E-state index contributed by atoms with van der Waals surface area (Å²) >= 11 is 0. The molecule has 0 fully saturated rings. The third-order valence-corrected chi connectivity index (χ3v) is 11.1. The molecule has 2 aromatic rings. The second-order valence-electron chi connectivity index (χ2n) is 10.1. The topological polar surface area (TPSA) is 497 Å². The third kappa shape index (κ3) is 13.8. The van der Waals surface area contributed by atoms with E-state index in [-0.39, 0.29) is 5.56 Å². The first-order valence-corrected chi connectivity index (χ1v) is 25.7. The Kier molecular flexibility index (Phi) is 23.9. The van der Waals surface area contributed by atoms with E-state index in [1.54, 1.807) is 0 Å². The molecule has 0 aromatic heterocycles. The molecule has 0 aliphatic heterocycles. The van der Waals surface area contributed by atoms with Gasteiger partial charge in [-0.05, 0) is 11.1 Å². The van der Waals surface area contributed by atoms with Crippen LogP contribution in [0.3, 0.4) is 0 Å². The van der Waals surface area contributed by atoms with Crippen LogP contribution in [0.1, 0.15) is 24.0 Å². The highest BCUT2D eigenvalue weighted by atomic mass is 31.2. The van der Waals surface area contributed by atoms with E-state index in [4.69, 9.17) is 31.7 Å². The van der Waals surface area contributed by atoms with E-state index >= 15 is 0 Å². The van der Waals surface area contributed by atoms with Crippen LogP contribution < -0.4 is 0 Å². The molecule has 2 atom stereocenters. The van der Waals surface area contributed by atoms with Crippen LogP contribution >= 0.6 is 86.0 Å². The molecule has 59 heavy (non-hydrogen) atoms. The first-order valence-electron chi connectivity index (χ1n) is 14.1. The molecule has 0 aliphatic rings. The quantitative estimate of drug-likeness (QED) is 0.0404. The molecule has 20 N–H and O–H groups in total. The lowest BCUT2D eigenvalue weighted by molar-refractivity contribution is -0.509. The summed E-state index contributed by atoms with van der Waals surface area (Å²) in [6, 6.07) is 11.3. The van der Waals surface area contributed by atoms with Gasteiger partial charge >= 0.3 is 104 Å². The molecule has 30 nitrogen and oxygen atoms in total. The average molecular weight is 1050 g/mol. The van der Waals surface area contributed by atoms with E-state index in [0.717, 1.165) is 43.3 Å². The van der Waals surface area contributed by atoms with Gasteiger partial charge in [-0.2, -0.15) is 0 Å². The maximum atomic E-state index is 10.7. The molecule has 0 radical (unpaired) electrons. The predicted octanol–water partition coefficient (Wildman–Crippen LogP) is -0.291. The molecular weight excluding hydrogens is 1020 g/mol. The van der Waals surface area contributed by atoms with Crippen molar-refractivity contribution in [1.82, 2.24) is 0 Å². The minimum absolute atomic E-state index is 0.233. The Morgan fingerprint density at radius 3 is 0.915 bits per heavy atom. The SMILES string of the molecule is CC(c1ccccc1)C(OP(O)O)(c1ccccc1)C(OP(O)O)(OP(O)O)C(OP(O)O)(OP(O)O)C(OP(O)O)(OP(O)O)C(OP(O)O)(OP(O)O)OP(O)O. The van der Waals surface area contributed by atoms with Crippen LogP contribution in [0.2, 0.25) is 0 Å². The van der Waals surface area contributed by atoms with Crippen molar-refractivity contribution in [3.05, 3.63) is 71.8 Å². The molecule has 2 aromatic carbocycles. The van der Waals surface area contributed by atoms with Crippen molar-refractivity contribution >= 4 is 86.0 Å². The second kappa shape index (κ2) is 24.9. The fraction of sp³-hybridized carbons (Fsp3) is 0.368. The predicted molar refractivity (Wildman–Crippen MR) is 198 cm³/mol. The molecule has 2 unspecified atom stereocenters. The minimum Gasteiger partial charge on any atom is -0.328 e. The summed E-state index contributed by atoms with van der Waals surface area (Å²) in [5, 5.41) is 0. The van der Waals surface area contributed by atoms with Crippen molar-refractivity contribution in [2.45, 2.75) is 41.8 Å². The lowest BCUT2D eigenvalue weighted by atomic mass is 9.68. The minimum atomic E-state index is -5.39. The molecule has 0 heterocycles. The molecule has 0 saturated heterocycles. The zero-order valence-electron chi connectivity index (χ0n) is 28.3. The second-order valence-corrected chi connectivity index (χ2v) is 17.0. The summed E-state index contributed by atoms with van der Waals surface area (Å²) in [4.78, 5) is 210. The number of hydrogen-bond acceptors (Lipinski definition) is 30. The fourth-order valence-electron chi connectivity index (χ4n) is 5.39. The van der Waals surface area contributed by atoms with Crippen LogP contribution in [-0.2, 0) is 50.8 Å². The van der Waals surface area contributed by atoms with Gasteiger partial charge in [0.1, 0.15) is 0 Å². The lowest BCUT2D eigenvalue weighted by Gasteiger charge is -2.62. The Labute approximate surface area is 342 Å². The number of rotatable bonds is 27. The Morgan fingerprint density at radius 1 is 0.339 bits per heavy atom. The number of hydrogen-bond donors (Lipinski definition) is 20. The molecule has 0 amide bonds. The summed E-state index contributed by atoms with van der Waals surface area (Å²) in [6.45, 7) is 0.945. The van der Waals surface area contributed by atoms with E-state index in [1.165, 1.54) is 24.3 Å². The third-order valence-electron chi connectivity index (χ3n) is 6.96. The van der Waals surface area contributed by atoms with E-state index in [9.17, 15) is 97.9 Å². The van der Waals surface area contributed by atoms with Gasteiger partial charge in [-0.25, -0.2) is 13.6 Å². The van der Waals surface area contributed by atoms with Gasteiger partial charge < -0.3 is 97.9 Å². The van der Waals surface area contributed by atoms with E-state index in [1.807, 2.05) is 0 Å². The van der Waals surface area contributed by atoms with Crippen LogP contribution in [0.4, 0.5) is 0 Å². The average Bonchev–Trinajstić information content (AvgIpc) is 3.07. The normalized spacial score (nSPS) is 15.4. The Hall–Kier alpha value is 1.54. The molecule has 0 saturated carbocycles. The lowest BCUT2D eigenvalue weighted by Crippen LogP contribution is -2.83. The molecular formula is C19H34O30P10. The van der Waals surface area contributed by atoms with E-state index < -0.39 is 126 Å². The maximum absolute atomic E-state index is 10.7. The van der Waals surface area contributed by atoms with Gasteiger partial charge in [-0.1, -0.05) is 67.6 Å². The zero-order valence-corrected chi connectivity index (χ0v) is 37.3. The van der Waals surface area contributed by atoms with Crippen molar-refractivity contribution < 1.29 is 143 Å². The van der Waals surface area contributed by atoms with Gasteiger partial charge in [-0.3, -0.25) is 31.7 Å². The van der Waals surface area contributed by atoms with Gasteiger partial charge in [0, 0.05) is 5.92 Å². The van der Waals surface area contributed by atoms with Gasteiger partial charge in [0.05, 0.1) is 0 Å². The van der Waals surface area contributed by atoms with Crippen molar-refractivity contribution in [1.29, 1.82) is 0 Å². The monoisotopic (exact) mass is 1050 g/mol. The Morgan fingerprint density at radius 2 is 0.610 bits per heavy atom. The van der Waals surface area contributed by atoms with Gasteiger partial charge in [0.15, 0.2) is 5.60 Å². The maximum Gasteiger partial charge on any atom is 0.367 e. The highest BCUT2D eigenvalue weighted by Gasteiger charge is 2.90. The Balaban J connectivity index is 3.95. The molecule has 0 spiro atoms. The Bertz CT molecular complexity index is 1440. The van der Waals surface area contributed by atoms with Crippen molar-refractivity contribution in [2.24, 2.45) is 0 Å². The van der Waals surface area contributed by atoms with Crippen LogP contribution in [0.5, 0.6) is 0 Å². The summed E-state index contributed by atoms with van der Waals surface area (Å²) in [5.74, 6) is -22.9. The largest absolute Gasteiger partial charge is 0.367 e. The van der Waals surface area contributed by atoms with Crippen LogP contribution in [-0.4, -0.2) is 121 Å². The summed E-state index contributed by atoms with van der Waals surface area (Å²) in [7, 11) is -45.9. The zero-order chi connectivity index (χ0) is 45.1. The molecule has 0 aliphatic carbocycles. The van der Waals surface area contributed by atoms with E-state index in [2.05, 4.69) is 13.6 Å². The van der Waals surface area contributed by atoms with Crippen LogP contribution in [0, 0.1) is 0 Å². The highest BCUT2D eigenvalue weighted by Crippen LogP contribution is 2.74. The summed E-state index contributed by atoms with van der Waals surface area (Å²) in [5.41, 5.74) is -4.88. The number of benzene rings is 2. The molecule has 0 bridgehead atoms. The standard InChI is InChI=1S/C19H34O30P10/c1-12(13-8-4-2-5-9-13)15(40-50(20)21,14-10-6-3-7-11-14)16(41-51(22)23,42-52(24)25)17(43-53(26)27,44-54(28)29)18(45-55(30)31,46-56(32)33)19(47-57(34)35,48-58(36)37)49-59(38)39/h2-12,20-39H,1H3. The van der Waals surface area contributed by atoms with Gasteiger partial charge in [-0.15, -0.1) is 0 Å². The van der Waals surface area contributed by atoms with Crippen LogP contribution in [0.15, 0.2) is 60.7 Å². The first kappa shape index (κ1) is 56.7. The van der Waals surface area contributed by atoms with Crippen LogP contribution in [0.25, 0.3) is 0 Å². The first-order chi connectivity index (χ1) is 27.3. The summed E-state index contributed by atoms with van der Waals surface area (Å²) < 4.78 is 50.1. The highest BCUT2D eigenvalue weighted by molar-refractivity contribution is 7.42. The molecule has 340 valence electrons. The van der Waals surface area contributed by atoms with Crippen molar-refractivity contribution in [2.75, 3.05) is 0 Å². The molecule has 2 rings (SSSR count). The fourth-order valence-corrected chi connectivity index (χ4v) is 10.7. The van der Waals surface area contributed by atoms with E-state index in [0.29, 0.717) is 0 Å². The van der Waals surface area contributed by atoms with Crippen molar-refractivity contribution in [3.63, 3.8) is 0 Å². The summed E-state index contributed by atoms with van der Waals surface area (Å²) in [6.07, 6.45) is 0. The van der Waals surface area contributed by atoms with Gasteiger partial charge in [0.2, 0.25) is 0 Å². The smallest absolute Gasteiger partial charge is 0.328 e.